The molecule has 1 rings (SSSR count). The third-order valence-corrected chi connectivity index (χ3v) is 2.62. The lowest BCUT2D eigenvalue weighted by atomic mass is 10.2. The number of hydrogen-bond acceptors (Lipinski definition) is 4. The van der Waals surface area contributed by atoms with Crippen molar-refractivity contribution in [3.05, 3.63) is 33.9 Å². The van der Waals surface area contributed by atoms with Crippen LogP contribution in [0, 0.1) is 21.7 Å². The van der Waals surface area contributed by atoms with Gasteiger partial charge in [-0.1, -0.05) is 0 Å². The van der Waals surface area contributed by atoms with Crippen LogP contribution in [0.2, 0.25) is 0 Å². The van der Waals surface area contributed by atoms with Gasteiger partial charge in [0.25, 0.3) is 0 Å². The first-order chi connectivity index (χ1) is 8.81. The first kappa shape index (κ1) is 15.3. The first-order valence-corrected chi connectivity index (χ1v) is 5.86. The summed E-state index contributed by atoms with van der Waals surface area (Å²) in [5.41, 5.74) is -0.855. The largest absolute Gasteiger partial charge is 0.377 e. The van der Waals surface area contributed by atoms with E-state index in [9.17, 15) is 18.9 Å². The molecule has 0 aromatic heterocycles. The summed E-state index contributed by atoms with van der Waals surface area (Å²) in [5, 5.41) is 13.6. The molecule has 0 amide bonds. The van der Waals surface area contributed by atoms with E-state index in [-0.39, 0.29) is 11.7 Å². The lowest BCUT2D eigenvalue weighted by Gasteiger charge is -2.17. The van der Waals surface area contributed by atoms with Gasteiger partial charge in [-0.3, -0.25) is 10.1 Å². The SMILES string of the molecule is CC(CCN(C)C)Nc1cc(F)cc(F)c1[N+](=O)[O-]. The number of anilines is 1. The van der Waals surface area contributed by atoms with E-state index in [1.807, 2.05) is 19.0 Å². The summed E-state index contributed by atoms with van der Waals surface area (Å²) in [6, 6.07) is 1.31. The van der Waals surface area contributed by atoms with E-state index in [2.05, 4.69) is 5.32 Å². The average molecular weight is 273 g/mol. The van der Waals surface area contributed by atoms with Gasteiger partial charge in [0, 0.05) is 18.2 Å². The van der Waals surface area contributed by atoms with Crippen LogP contribution in [0.15, 0.2) is 12.1 Å². The van der Waals surface area contributed by atoms with Gasteiger partial charge in [0.15, 0.2) is 0 Å². The highest BCUT2D eigenvalue weighted by molar-refractivity contribution is 5.62. The molecule has 1 unspecified atom stereocenters. The molecule has 0 heterocycles. The van der Waals surface area contributed by atoms with Crippen molar-refractivity contribution >= 4 is 11.4 Å². The maximum atomic E-state index is 13.4. The Hall–Kier alpha value is -1.76. The number of benzene rings is 1. The Kier molecular flexibility index (Phi) is 5.17. The summed E-state index contributed by atoms with van der Waals surface area (Å²) in [7, 11) is 3.80. The fraction of sp³-hybridized carbons (Fsp3) is 0.500. The molecular formula is C12H17F2N3O2. The third kappa shape index (κ3) is 4.44. The van der Waals surface area contributed by atoms with Crippen molar-refractivity contribution < 1.29 is 13.7 Å². The van der Waals surface area contributed by atoms with Crippen LogP contribution in [0.5, 0.6) is 0 Å². The van der Waals surface area contributed by atoms with Gasteiger partial charge in [0.2, 0.25) is 5.82 Å². The predicted molar refractivity (Wildman–Crippen MR) is 69.3 cm³/mol. The minimum absolute atomic E-state index is 0.131. The first-order valence-electron chi connectivity index (χ1n) is 5.86. The number of nitrogens with zero attached hydrogens (tertiary/aromatic N) is 2. The lowest BCUT2D eigenvalue weighted by Crippen LogP contribution is -2.23. The summed E-state index contributed by atoms with van der Waals surface area (Å²) < 4.78 is 26.5. The highest BCUT2D eigenvalue weighted by Crippen LogP contribution is 2.29. The minimum atomic E-state index is -1.17. The standard InChI is InChI=1S/C12H17F2N3O2/c1-8(4-5-16(2)3)15-11-7-9(13)6-10(14)12(11)17(18)19/h6-8,15H,4-5H2,1-3H3. The normalized spacial score (nSPS) is 12.5. The Morgan fingerprint density at radius 3 is 2.58 bits per heavy atom. The highest BCUT2D eigenvalue weighted by Gasteiger charge is 2.22. The monoisotopic (exact) mass is 273 g/mol. The van der Waals surface area contributed by atoms with Crippen LogP contribution in [-0.2, 0) is 0 Å². The number of nitro groups is 1. The summed E-state index contributed by atoms with van der Waals surface area (Å²) in [5.74, 6) is -2.02. The van der Waals surface area contributed by atoms with Gasteiger partial charge < -0.3 is 10.2 Å². The van der Waals surface area contributed by atoms with Gasteiger partial charge in [-0.2, -0.15) is 4.39 Å². The second-order valence-corrected chi connectivity index (χ2v) is 4.68. The van der Waals surface area contributed by atoms with Gasteiger partial charge >= 0.3 is 5.69 Å². The Balaban J connectivity index is 2.90. The molecule has 1 N–H and O–H groups in total. The van der Waals surface area contributed by atoms with Gasteiger partial charge in [-0.05, 0) is 34.0 Å². The third-order valence-electron chi connectivity index (χ3n) is 2.62. The van der Waals surface area contributed by atoms with E-state index in [0.29, 0.717) is 12.5 Å². The van der Waals surface area contributed by atoms with Crippen LogP contribution < -0.4 is 5.32 Å². The Morgan fingerprint density at radius 2 is 2.05 bits per heavy atom. The Bertz CT molecular complexity index is 467. The molecule has 0 aliphatic heterocycles. The summed E-state index contributed by atoms with van der Waals surface area (Å²) >= 11 is 0. The maximum absolute atomic E-state index is 13.4. The van der Waals surface area contributed by atoms with E-state index >= 15 is 0 Å². The Morgan fingerprint density at radius 1 is 1.42 bits per heavy atom. The molecule has 106 valence electrons. The van der Waals surface area contributed by atoms with E-state index in [1.54, 1.807) is 6.92 Å². The zero-order chi connectivity index (χ0) is 14.6. The fourth-order valence-corrected chi connectivity index (χ4v) is 1.65. The number of hydrogen-bond donors (Lipinski definition) is 1. The van der Waals surface area contributed by atoms with Crippen molar-refractivity contribution in [3.8, 4) is 0 Å². The van der Waals surface area contributed by atoms with Crippen LogP contribution in [0.1, 0.15) is 13.3 Å². The quantitative estimate of drug-likeness (QED) is 0.639. The molecule has 5 nitrogen and oxygen atoms in total. The number of rotatable bonds is 6. The fourth-order valence-electron chi connectivity index (χ4n) is 1.65. The van der Waals surface area contributed by atoms with Gasteiger partial charge in [0.1, 0.15) is 11.5 Å². The van der Waals surface area contributed by atoms with E-state index < -0.39 is 22.2 Å². The minimum Gasteiger partial charge on any atom is -0.377 e. The molecule has 0 spiro atoms. The number of nitro benzene ring substituents is 1. The smallest absolute Gasteiger partial charge is 0.327 e. The molecule has 1 atom stereocenters. The molecule has 1 aromatic rings. The topological polar surface area (TPSA) is 58.4 Å². The van der Waals surface area contributed by atoms with E-state index in [0.717, 1.165) is 12.6 Å². The van der Waals surface area contributed by atoms with Crippen LogP contribution in [0.25, 0.3) is 0 Å². The van der Waals surface area contributed by atoms with Crippen molar-refractivity contribution in [2.45, 2.75) is 19.4 Å². The average Bonchev–Trinajstić information content (AvgIpc) is 2.24. The molecular weight excluding hydrogens is 256 g/mol. The van der Waals surface area contributed by atoms with Crippen molar-refractivity contribution in [2.24, 2.45) is 0 Å². The molecule has 0 aliphatic rings. The summed E-state index contributed by atoms with van der Waals surface area (Å²) in [6.07, 6.45) is 0.697. The van der Waals surface area contributed by atoms with Crippen molar-refractivity contribution in [2.75, 3.05) is 26.0 Å². The lowest BCUT2D eigenvalue weighted by molar-refractivity contribution is -0.386. The van der Waals surface area contributed by atoms with Crippen LogP contribution in [0.4, 0.5) is 20.2 Å². The van der Waals surface area contributed by atoms with Crippen molar-refractivity contribution in [1.82, 2.24) is 4.90 Å². The van der Waals surface area contributed by atoms with Crippen molar-refractivity contribution in [1.29, 1.82) is 0 Å². The molecule has 0 saturated heterocycles. The van der Waals surface area contributed by atoms with E-state index in [1.165, 1.54) is 0 Å². The summed E-state index contributed by atoms with van der Waals surface area (Å²) in [4.78, 5) is 11.9. The van der Waals surface area contributed by atoms with Crippen LogP contribution in [0.3, 0.4) is 0 Å². The van der Waals surface area contributed by atoms with E-state index in [4.69, 9.17) is 0 Å². The molecule has 0 bridgehead atoms. The molecule has 0 fully saturated rings. The van der Waals surface area contributed by atoms with Gasteiger partial charge in [-0.15, -0.1) is 0 Å². The zero-order valence-electron chi connectivity index (χ0n) is 11.1. The number of nitrogens with one attached hydrogen (secondary N) is 1. The maximum Gasteiger partial charge on any atom is 0.327 e. The van der Waals surface area contributed by atoms with Crippen LogP contribution >= 0.6 is 0 Å². The summed E-state index contributed by atoms with van der Waals surface area (Å²) in [6.45, 7) is 2.57. The van der Waals surface area contributed by atoms with Gasteiger partial charge in [0.05, 0.1) is 4.92 Å². The van der Waals surface area contributed by atoms with Crippen LogP contribution in [-0.4, -0.2) is 36.5 Å². The second kappa shape index (κ2) is 6.42. The zero-order valence-corrected chi connectivity index (χ0v) is 11.1. The second-order valence-electron chi connectivity index (χ2n) is 4.68. The molecule has 7 heteroatoms. The molecule has 0 aliphatic carbocycles. The Labute approximate surface area is 110 Å². The highest BCUT2D eigenvalue weighted by atomic mass is 19.1. The number of halogens is 2. The van der Waals surface area contributed by atoms with Gasteiger partial charge in [-0.25, -0.2) is 4.39 Å². The predicted octanol–water partition coefficient (Wildman–Crippen LogP) is 2.63. The molecule has 19 heavy (non-hydrogen) atoms. The molecule has 0 saturated carbocycles. The van der Waals surface area contributed by atoms with Crippen molar-refractivity contribution in [3.63, 3.8) is 0 Å². The molecule has 1 aromatic carbocycles. The molecule has 0 radical (unpaired) electrons.